The summed E-state index contributed by atoms with van der Waals surface area (Å²) < 4.78 is 0. The van der Waals surface area contributed by atoms with Gasteiger partial charge >= 0.3 is 0 Å². The predicted molar refractivity (Wildman–Crippen MR) is 68.4 cm³/mol. The zero-order valence-corrected chi connectivity index (χ0v) is 10.5. The first-order valence-electron chi connectivity index (χ1n) is 6.29. The van der Waals surface area contributed by atoms with E-state index >= 15 is 0 Å². The topological polar surface area (TPSA) is 24.5 Å². The van der Waals surface area contributed by atoms with Gasteiger partial charge in [0, 0.05) is 6.54 Å². The summed E-state index contributed by atoms with van der Waals surface area (Å²) in [5, 5.41) is 2.11. The van der Waals surface area contributed by atoms with E-state index < -0.39 is 0 Å². The van der Waals surface area contributed by atoms with Gasteiger partial charge in [0.15, 0.2) is 0 Å². The fourth-order valence-corrected chi connectivity index (χ4v) is 4.03. The van der Waals surface area contributed by atoms with Crippen molar-refractivity contribution in [1.82, 2.24) is 10.4 Å². The number of hydrogen-bond acceptors (Lipinski definition) is 4. The van der Waals surface area contributed by atoms with Crippen molar-refractivity contribution in [2.24, 2.45) is 5.92 Å². The highest BCUT2D eigenvalue weighted by Gasteiger charge is 2.49. The highest BCUT2D eigenvalue weighted by Crippen LogP contribution is 2.43. The molecule has 4 aliphatic rings. The molecule has 1 spiro atoms. The number of nitrogens with zero attached hydrogens (tertiary/aromatic N) is 1. The van der Waals surface area contributed by atoms with E-state index in [1.807, 2.05) is 0 Å². The average Bonchev–Trinajstić information content (AvgIpc) is 3.00. The zero-order chi connectivity index (χ0) is 11.3. The SMILES string of the molecule is C1=C(c2cccs2)NOC12CN1CCC2CC1. The zero-order valence-electron chi connectivity index (χ0n) is 9.69. The van der Waals surface area contributed by atoms with Crippen molar-refractivity contribution in [2.75, 3.05) is 19.6 Å². The molecule has 2 bridgehead atoms. The van der Waals surface area contributed by atoms with Gasteiger partial charge in [-0.2, -0.15) is 0 Å². The van der Waals surface area contributed by atoms with E-state index in [2.05, 4.69) is 34.0 Å². The van der Waals surface area contributed by atoms with Crippen molar-refractivity contribution >= 4 is 17.0 Å². The Hall–Kier alpha value is -0.840. The van der Waals surface area contributed by atoms with Crippen LogP contribution in [0.4, 0.5) is 0 Å². The maximum absolute atomic E-state index is 5.97. The second-order valence-corrected chi connectivity index (χ2v) is 6.19. The van der Waals surface area contributed by atoms with E-state index in [9.17, 15) is 0 Å². The van der Waals surface area contributed by atoms with Crippen LogP contribution in [0.25, 0.3) is 5.70 Å². The molecule has 1 aromatic rings. The Morgan fingerprint density at radius 2 is 2.29 bits per heavy atom. The quantitative estimate of drug-likeness (QED) is 0.823. The lowest BCUT2D eigenvalue weighted by Gasteiger charge is -2.49. The second-order valence-electron chi connectivity index (χ2n) is 5.24. The minimum absolute atomic E-state index is 0.0597. The van der Waals surface area contributed by atoms with E-state index in [1.54, 1.807) is 11.3 Å². The average molecular weight is 248 g/mol. The predicted octanol–water partition coefficient (Wildman–Crippen LogP) is 2.09. The number of piperidine rings is 3. The van der Waals surface area contributed by atoms with Gasteiger partial charge in [-0.1, -0.05) is 6.07 Å². The van der Waals surface area contributed by atoms with Gasteiger partial charge in [0.2, 0.25) is 0 Å². The third-order valence-corrected chi connectivity index (χ3v) is 5.18. The number of hydrogen-bond donors (Lipinski definition) is 1. The van der Waals surface area contributed by atoms with Crippen LogP contribution in [-0.2, 0) is 4.84 Å². The summed E-state index contributed by atoms with van der Waals surface area (Å²) in [6.07, 6.45) is 4.88. The monoisotopic (exact) mass is 248 g/mol. The Labute approximate surface area is 105 Å². The summed E-state index contributed by atoms with van der Waals surface area (Å²) in [5.74, 6) is 0.692. The van der Waals surface area contributed by atoms with Gasteiger partial charge in [-0.15, -0.1) is 11.3 Å². The van der Waals surface area contributed by atoms with Crippen LogP contribution < -0.4 is 5.48 Å². The minimum atomic E-state index is -0.0597. The van der Waals surface area contributed by atoms with Crippen molar-refractivity contribution < 1.29 is 4.84 Å². The maximum atomic E-state index is 5.97. The minimum Gasteiger partial charge on any atom is -0.300 e. The number of fused-ring (bicyclic) bond motifs is 2. The first kappa shape index (κ1) is 10.1. The van der Waals surface area contributed by atoms with Gasteiger partial charge < -0.3 is 0 Å². The molecular weight excluding hydrogens is 232 g/mol. The van der Waals surface area contributed by atoms with Crippen LogP contribution in [0, 0.1) is 5.92 Å². The molecule has 3 nitrogen and oxygen atoms in total. The lowest BCUT2D eigenvalue weighted by Crippen LogP contribution is -2.58. The molecule has 3 saturated heterocycles. The summed E-state index contributed by atoms with van der Waals surface area (Å²) >= 11 is 1.76. The Balaban J connectivity index is 1.68. The lowest BCUT2D eigenvalue weighted by molar-refractivity contribution is -0.135. The van der Waals surface area contributed by atoms with E-state index in [0.29, 0.717) is 5.92 Å². The van der Waals surface area contributed by atoms with Crippen molar-refractivity contribution in [3.63, 3.8) is 0 Å². The molecule has 17 heavy (non-hydrogen) atoms. The summed E-state index contributed by atoms with van der Waals surface area (Å²) in [4.78, 5) is 9.77. The normalized spacial score (nSPS) is 39.4. The fraction of sp³-hybridized carbons (Fsp3) is 0.538. The van der Waals surface area contributed by atoms with Gasteiger partial charge in [-0.05, 0) is 49.4 Å². The van der Waals surface area contributed by atoms with Crippen LogP contribution in [0.3, 0.4) is 0 Å². The van der Waals surface area contributed by atoms with Crippen molar-refractivity contribution in [2.45, 2.75) is 18.4 Å². The van der Waals surface area contributed by atoms with E-state index in [1.165, 1.54) is 30.8 Å². The van der Waals surface area contributed by atoms with E-state index in [-0.39, 0.29) is 5.60 Å². The Morgan fingerprint density at radius 3 is 2.94 bits per heavy atom. The highest BCUT2D eigenvalue weighted by atomic mass is 32.1. The van der Waals surface area contributed by atoms with Crippen LogP contribution in [0.15, 0.2) is 23.6 Å². The molecular formula is C13H16N2OS. The molecule has 0 aromatic carbocycles. The fourth-order valence-electron chi connectivity index (χ4n) is 3.34. The molecule has 0 amide bonds. The van der Waals surface area contributed by atoms with Crippen LogP contribution in [-0.4, -0.2) is 30.1 Å². The van der Waals surface area contributed by atoms with E-state index in [0.717, 1.165) is 12.2 Å². The van der Waals surface area contributed by atoms with Crippen LogP contribution >= 0.6 is 11.3 Å². The molecule has 1 atom stereocenters. The number of thiophene rings is 1. The number of hydroxylamine groups is 1. The van der Waals surface area contributed by atoms with Crippen LogP contribution in [0.1, 0.15) is 17.7 Å². The smallest absolute Gasteiger partial charge is 0.132 e. The van der Waals surface area contributed by atoms with Crippen LogP contribution in [0.5, 0.6) is 0 Å². The lowest BCUT2D eigenvalue weighted by atomic mass is 9.75. The summed E-state index contributed by atoms with van der Waals surface area (Å²) in [6.45, 7) is 3.55. The van der Waals surface area contributed by atoms with Crippen molar-refractivity contribution in [3.05, 3.63) is 28.5 Å². The molecule has 0 aliphatic carbocycles. The van der Waals surface area contributed by atoms with Gasteiger partial charge in [0.1, 0.15) is 5.60 Å². The van der Waals surface area contributed by atoms with Gasteiger partial charge in [-0.25, -0.2) is 0 Å². The largest absolute Gasteiger partial charge is 0.300 e. The second kappa shape index (κ2) is 3.57. The molecule has 90 valence electrons. The van der Waals surface area contributed by atoms with Gasteiger partial charge in [0.05, 0.1) is 10.6 Å². The molecule has 0 saturated carbocycles. The molecule has 1 N–H and O–H groups in total. The molecule has 1 aromatic heterocycles. The summed E-state index contributed by atoms with van der Waals surface area (Å²) in [7, 11) is 0. The highest BCUT2D eigenvalue weighted by molar-refractivity contribution is 7.11. The van der Waals surface area contributed by atoms with Gasteiger partial charge in [0.25, 0.3) is 0 Å². The van der Waals surface area contributed by atoms with Crippen molar-refractivity contribution in [1.29, 1.82) is 0 Å². The number of rotatable bonds is 1. The standard InChI is InChI=1S/C13H16N2OS/c1-2-12(17-7-1)11-8-13(16-14-11)9-15-5-3-10(13)4-6-15/h1-2,7-8,10,14H,3-6,9H2. The van der Waals surface area contributed by atoms with Crippen molar-refractivity contribution in [3.8, 4) is 0 Å². The maximum Gasteiger partial charge on any atom is 0.132 e. The first-order chi connectivity index (χ1) is 8.36. The Bertz CT molecular complexity index is 448. The molecule has 1 unspecified atom stereocenters. The molecule has 3 fully saturated rings. The van der Waals surface area contributed by atoms with Crippen LogP contribution in [0.2, 0.25) is 0 Å². The first-order valence-corrected chi connectivity index (χ1v) is 7.17. The third kappa shape index (κ3) is 1.48. The molecule has 4 aliphatic heterocycles. The third-order valence-electron chi connectivity index (χ3n) is 4.28. The molecule has 5 rings (SSSR count). The molecule has 5 heterocycles. The van der Waals surface area contributed by atoms with Gasteiger partial charge in [-0.3, -0.25) is 15.2 Å². The molecule has 4 heteroatoms. The summed E-state index contributed by atoms with van der Waals surface area (Å²) in [5.41, 5.74) is 4.25. The molecule has 0 radical (unpaired) electrons. The summed E-state index contributed by atoms with van der Waals surface area (Å²) in [6, 6.07) is 4.23. The Kier molecular flexibility index (Phi) is 2.13. The Morgan fingerprint density at radius 1 is 1.41 bits per heavy atom. The number of nitrogens with one attached hydrogen (secondary N) is 1. The van der Waals surface area contributed by atoms with E-state index in [4.69, 9.17) is 4.84 Å².